The van der Waals surface area contributed by atoms with Crippen LogP contribution in [0.25, 0.3) is 0 Å². The van der Waals surface area contributed by atoms with Gasteiger partial charge in [-0.15, -0.1) is 0 Å². The van der Waals surface area contributed by atoms with E-state index in [4.69, 9.17) is 30.8 Å². The highest BCUT2D eigenvalue weighted by Crippen LogP contribution is 2.38. The monoisotopic (exact) mass is 622 g/mol. The lowest BCUT2D eigenvalue weighted by Gasteiger charge is -2.42. The molecule has 1 fully saturated rings. The fraction of sp³-hybridized carbons (Fsp3) is 0.441. The molecular formula is C34H43ClN4O5. The van der Waals surface area contributed by atoms with E-state index in [2.05, 4.69) is 0 Å². The van der Waals surface area contributed by atoms with Crippen molar-refractivity contribution < 1.29 is 23.8 Å². The Bertz CT molecular complexity index is 1410. The molecule has 1 aliphatic heterocycles. The number of methoxy groups -OCH3 is 2. The molecule has 1 aromatic carbocycles. The van der Waals surface area contributed by atoms with Crippen molar-refractivity contribution in [3.63, 3.8) is 0 Å². The predicted molar refractivity (Wildman–Crippen MR) is 174 cm³/mol. The molecule has 2 heterocycles. The van der Waals surface area contributed by atoms with Crippen LogP contribution in [0.15, 0.2) is 72.2 Å². The number of halogens is 1. The van der Waals surface area contributed by atoms with Crippen LogP contribution in [0.5, 0.6) is 0 Å². The number of hydrogen-bond acceptors (Lipinski definition) is 6. The Morgan fingerprint density at radius 3 is 2.41 bits per heavy atom. The second kappa shape index (κ2) is 14.7. The number of amides is 3. The van der Waals surface area contributed by atoms with Crippen molar-refractivity contribution in [2.75, 3.05) is 30.6 Å². The van der Waals surface area contributed by atoms with Crippen LogP contribution in [0.4, 0.5) is 26.8 Å². The average molecular weight is 623 g/mol. The number of anilines is 3. The molecular weight excluding hydrogens is 580 g/mol. The third-order valence-corrected chi connectivity index (χ3v) is 7.82. The summed E-state index contributed by atoms with van der Waals surface area (Å²) in [4.78, 5) is 37.9. The molecule has 0 unspecified atom stereocenters. The van der Waals surface area contributed by atoms with Gasteiger partial charge in [0.1, 0.15) is 17.2 Å². The number of ether oxygens (including phenoxy) is 3. The molecule has 10 heteroatoms. The molecule has 0 atom stereocenters. The van der Waals surface area contributed by atoms with Crippen molar-refractivity contribution in [3.8, 4) is 0 Å². The van der Waals surface area contributed by atoms with E-state index in [1.54, 1.807) is 49.7 Å². The van der Waals surface area contributed by atoms with Gasteiger partial charge in [0.2, 0.25) is 0 Å². The first kappa shape index (κ1) is 32.9. The molecule has 9 nitrogen and oxygen atoms in total. The van der Waals surface area contributed by atoms with Gasteiger partial charge < -0.3 is 19.1 Å². The normalized spacial score (nSPS) is 16.7. The highest BCUT2D eigenvalue weighted by atomic mass is 35.5. The summed E-state index contributed by atoms with van der Waals surface area (Å²) in [5, 5.41) is 0.588. The molecule has 236 valence electrons. The maximum absolute atomic E-state index is 14.0. The van der Waals surface area contributed by atoms with Crippen LogP contribution >= 0.6 is 11.6 Å². The first-order valence-electron chi connectivity index (χ1n) is 15.0. The first-order valence-corrected chi connectivity index (χ1v) is 15.4. The van der Waals surface area contributed by atoms with Gasteiger partial charge in [0.15, 0.2) is 0 Å². The number of rotatable bonds is 9. The number of aromatic nitrogens is 1. The molecule has 3 amide bonds. The minimum Gasteiger partial charge on any atom is -0.504 e. The highest BCUT2D eigenvalue weighted by molar-refractivity contribution is 6.30. The molecule has 44 heavy (non-hydrogen) atoms. The van der Waals surface area contributed by atoms with E-state index in [-0.39, 0.29) is 18.6 Å². The number of fused-ring (bicyclic) bond motifs is 1. The van der Waals surface area contributed by atoms with E-state index < -0.39 is 11.7 Å². The zero-order valence-electron chi connectivity index (χ0n) is 26.5. The van der Waals surface area contributed by atoms with Gasteiger partial charge in [0, 0.05) is 16.6 Å². The molecule has 0 radical (unpaired) electrons. The summed E-state index contributed by atoms with van der Waals surface area (Å²) in [6, 6.07) is 10.9. The zero-order chi connectivity index (χ0) is 31.9. The van der Waals surface area contributed by atoms with Crippen LogP contribution < -0.4 is 9.80 Å². The molecule has 1 saturated carbocycles. The molecule has 1 aromatic heterocycles. The van der Waals surface area contributed by atoms with Gasteiger partial charge in [-0.1, -0.05) is 36.9 Å². The van der Waals surface area contributed by atoms with Crippen LogP contribution in [0, 0.1) is 0 Å². The van der Waals surface area contributed by atoms with E-state index >= 15 is 0 Å². The molecule has 2 aromatic rings. The quantitative estimate of drug-likeness (QED) is 0.206. The highest BCUT2D eigenvalue weighted by Gasteiger charge is 2.37. The van der Waals surface area contributed by atoms with Gasteiger partial charge in [-0.25, -0.2) is 14.6 Å². The Balaban J connectivity index is 1.81. The number of carbonyl (C=O) groups excluding carboxylic acids is 2. The Labute approximate surface area is 265 Å². The third-order valence-electron chi connectivity index (χ3n) is 7.56. The van der Waals surface area contributed by atoms with Crippen LogP contribution in [-0.2, 0) is 20.8 Å². The standard InChI is InChI=1S/C34H43ClN4O5/c1-7-30(43-6)24(12-11-21-42-5)22-38(33(41)44-34(2,3)4)31-20-19-29-28(36-31)23-37(26-13-9-8-10-14-26)32(40)39(29)27-17-15-25(35)16-18-27/h7,11-12,15-21,26H,8-10,13-14,22-23H2,1-6H3. The summed E-state index contributed by atoms with van der Waals surface area (Å²) >= 11 is 6.19. The smallest absolute Gasteiger partial charge is 0.416 e. The predicted octanol–water partition coefficient (Wildman–Crippen LogP) is 8.52. The SMILES string of the molecule is CC=C(OC)C(=CC=COC)CN(C(=O)OC(C)(C)C)c1ccc2c(n1)CN(C1CCCCC1)C(=O)N2c1ccc(Cl)cc1. The van der Waals surface area contributed by atoms with Crippen molar-refractivity contribution in [1.29, 1.82) is 0 Å². The van der Waals surface area contributed by atoms with Crippen molar-refractivity contribution in [3.05, 3.63) is 82.9 Å². The van der Waals surface area contributed by atoms with Gasteiger partial charge in [-0.3, -0.25) is 9.80 Å². The van der Waals surface area contributed by atoms with Crippen LogP contribution in [0.2, 0.25) is 5.02 Å². The Morgan fingerprint density at radius 1 is 1.09 bits per heavy atom. The summed E-state index contributed by atoms with van der Waals surface area (Å²) < 4.78 is 16.5. The van der Waals surface area contributed by atoms with Crippen molar-refractivity contribution >= 4 is 40.9 Å². The van der Waals surface area contributed by atoms with Crippen LogP contribution in [0.1, 0.15) is 65.5 Å². The average Bonchev–Trinajstić information content (AvgIpc) is 3.00. The van der Waals surface area contributed by atoms with E-state index in [1.807, 2.05) is 62.9 Å². The zero-order valence-corrected chi connectivity index (χ0v) is 27.3. The summed E-state index contributed by atoms with van der Waals surface area (Å²) in [6.45, 7) is 7.80. The van der Waals surface area contributed by atoms with E-state index in [0.717, 1.165) is 31.3 Å². The maximum Gasteiger partial charge on any atom is 0.416 e. The number of carbonyl (C=O) groups is 2. The molecule has 4 rings (SSSR count). The third kappa shape index (κ3) is 7.94. The Hall–Kier alpha value is -3.98. The second-order valence-corrected chi connectivity index (χ2v) is 12.3. The van der Waals surface area contributed by atoms with Gasteiger partial charge >= 0.3 is 12.1 Å². The summed E-state index contributed by atoms with van der Waals surface area (Å²) in [5.74, 6) is 1.00. The molecule has 0 bridgehead atoms. The van der Waals surface area contributed by atoms with Crippen molar-refractivity contribution in [2.45, 2.75) is 78.0 Å². The summed E-state index contributed by atoms with van der Waals surface area (Å²) in [7, 11) is 3.15. The Kier molecular flexibility index (Phi) is 11.0. The molecule has 1 aliphatic carbocycles. The van der Waals surface area contributed by atoms with Crippen LogP contribution in [0.3, 0.4) is 0 Å². The first-order chi connectivity index (χ1) is 21.1. The fourth-order valence-corrected chi connectivity index (χ4v) is 5.66. The Morgan fingerprint density at radius 2 is 1.80 bits per heavy atom. The lowest BCUT2D eigenvalue weighted by atomic mass is 9.93. The minimum atomic E-state index is -0.733. The van der Waals surface area contributed by atoms with Gasteiger partial charge in [0.05, 0.1) is 50.6 Å². The molecule has 0 saturated heterocycles. The lowest BCUT2D eigenvalue weighted by molar-refractivity contribution is 0.0581. The number of hydrogen-bond donors (Lipinski definition) is 0. The topological polar surface area (TPSA) is 84.4 Å². The number of pyridine rings is 1. The number of urea groups is 1. The van der Waals surface area contributed by atoms with E-state index in [1.165, 1.54) is 11.3 Å². The van der Waals surface area contributed by atoms with E-state index in [0.29, 0.717) is 40.2 Å². The largest absolute Gasteiger partial charge is 0.504 e. The van der Waals surface area contributed by atoms with E-state index in [9.17, 15) is 9.59 Å². The molecule has 0 spiro atoms. The minimum absolute atomic E-state index is 0.0850. The number of benzene rings is 1. The van der Waals surface area contributed by atoms with Crippen molar-refractivity contribution in [2.24, 2.45) is 0 Å². The van der Waals surface area contributed by atoms with Gasteiger partial charge in [0.25, 0.3) is 0 Å². The van der Waals surface area contributed by atoms with Gasteiger partial charge in [-0.2, -0.15) is 0 Å². The lowest BCUT2D eigenvalue weighted by Crippen LogP contribution is -2.50. The fourth-order valence-electron chi connectivity index (χ4n) is 5.54. The molecule has 0 N–H and O–H groups in total. The molecule has 2 aliphatic rings. The number of allylic oxidation sites excluding steroid dienone is 3. The van der Waals surface area contributed by atoms with Crippen molar-refractivity contribution in [1.82, 2.24) is 9.88 Å². The van der Waals surface area contributed by atoms with Crippen LogP contribution in [-0.4, -0.2) is 54.4 Å². The summed E-state index contributed by atoms with van der Waals surface area (Å²) in [6.07, 6.45) is 11.6. The maximum atomic E-state index is 14.0. The summed E-state index contributed by atoms with van der Waals surface area (Å²) in [5.41, 5.74) is 2.05. The second-order valence-electron chi connectivity index (χ2n) is 11.8. The number of nitrogens with zero attached hydrogens (tertiary/aromatic N) is 4. The van der Waals surface area contributed by atoms with Gasteiger partial charge in [-0.05, 0) is 89.1 Å².